The van der Waals surface area contributed by atoms with Crippen LogP contribution in [0.3, 0.4) is 0 Å². The first-order valence-corrected chi connectivity index (χ1v) is 3.03. The first-order chi connectivity index (χ1) is 3.50. The fraction of sp³-hybridized carbons (Fsp3) is 0. The van der Waals surface area contributed by atoms with Crippen molar-refractivity contribution in [3.05, 3.63) is 30.3 Å². The summed E-state index contributed by atoms with van der Waals surface area (Å²) in [5.74, 6) is 0. The van der Waals surface area contributed by atoms with Gasteiger partial charge in [0.05, 0.1) is 0 Å². The van der Waals surface area contributed by atoms with Crippen LogP contribution in [0.1, 0.15) is 0 Å². The Morgan fingerprint density at radius 3 is 1.71 bits per heavy atom. The Balaban J connectivity index is 0.000000162. The van der Waals surface area contributed by atoms with E-state index < -0.39 is 0 Å². The van der Waals surface area contributed by atoms with Crippen molar-refractivity contribution in [3.8, 4) is 0 Å². The predicted octanol–water partition coefficient (Wildman–Crippen LogP) is 1.28. The van der Waals surface area contributed by atoms with Gasteiger partial charge in [0.15, 0.2) is 0 Å². The molecule has 1 aromatic carbocycles. The molecule has 0 fully saturated rings. The van der Waals surface area contributed by atoms with Gasteiger partial charge >= 0.3 is 23.2 Å². The molecule has 0 aliphatic rings. The van der Waals surface area contributed by atoms with Crippen molar-refractivity contribution in [1.82, 2.24) is 0 Å². The number of hydrogen-bond donors (Lipinski definition) is 0. The van der Waals surface area contributed by atoms with Gasteiger partial charge in [-0.05, 0) is 0 Å². The van der Waals surface area contributed by atoms with Gasteiger partial charge in [-0.25, -0.2) is 12.1 Å². The van der Waals surface area contributed by atoms with E-state index in [-0.39, 0.29) is 0 Å². The molecule has 0 saturated heterocycles. The van der Waals surface area contributed by atoms with Gasteiger partial charge in [-0.15, -0.1) is 0 Å². The number of rotatable bonds is 0. The molecule has 0 amide bonds. The topological polar surface area (TPSA) is 17.1 Å². The predicted molar refractivity (Wildman–Crippen MR) is 22.7 cm³/mol. The van der Waals surface area contributed by atoms with E-state index >= 15 is 0 Å². The van der Waals surface area contributed by atoms with Crippen molar-refractivity contribution in [3.63, 3.8) is 0 Å². The second-order valence-electron chi connectivity index (χ2n) is 0.962. The molecule has 38 valence electrons. The fourth-order valence-electron chi connectivity index (χ4n) is 0.321. The third kappa shape index (κ3) is 3.67. The van der Waals surface area contributed by atoms with E-state index in [0.29, 0.717) is 19.8 Å². The van der Waals surface area contributed by atoms with E-state index in [1.54, 1.807) is 0 Å². The third-order valence-corrected chi connectivity index (χ3v) is 0.556. The Hall–Kier alpha value is -0.162. The van der Waals surface area contributed by atoms with Crippen LogP contribution >= 0.6 is 0 Å². The van der Waals surface area contributed by atoms with Gasteiger partial charge in [-0.2, -0.15) is 18.2 Å². The van der Waals surface area contributed by atoms with Crippen LogP contribution in [-0.4, -0.2) is 0 Å². The van der Waals surface area contributed by atoms with Crippen LogP contribution in [0.2, 0.25) is 0 Å². The van der Waals surface area contributed by atoms with E-state index in [1.165, 1.54) is 0 Å². The van der Waals surface area contributed by atoms with Crippen molar-refractivity contribution in [2.75, 3.05) is 0 Å². The summed E-state index contributed by atoms with van der Waals surface area (Å²) >= 11 is 0.333. The van der Waals surface area contributed by atoms with Crippen LogP contribution in [0.15, 0.2) is 30.3 Å². The van der Waals surface area contributed by atoms with Crippen molar-refractivity contribution < 1.29 is 23.2 Å². The van der Waals surface area contributed by atoms with Crippen LogP contribution in [-0.2, 0) is 23.2 Å². The molecule has 0 aliphatic heterocycles. The average Bonchev–Trinajstić information content (AvgIpc) is 2.23. The number of hydrogen-bond acceptors (Lipinski definition) is 1. The first kappa shape index (κ1) is 6.84. The molecule has 0 aromatic heterocycles. The minimum atomic E-state index is 0.333. The van der Waals surface area contributed by atoms with Gasteiger partial charge in [0.2, 0.25) is 0 Å². The zero-order chi connectivity index (χ0) is 5.54. The quantitative estimate of drug-likeness (QED) is 0.646. The van der Waals surface area contributed by atoms with Gasteiger partial charge in [-0.3, -0.25) is 0 Å². The molecule has 1 nitrogen and oxygen atoms in total. The smallest absolute Gasteiger partial charge is 0.172 e. The second kappa shape index (κ2) is 5.84. The third-order valence-electron chi connectivity index (χ3n) is 0.556. The molecular formula is C5H5OW-. The summed E-state index contributed by atoms with van der Waals surface area (Å²) in [7, 11) is 0. The summed E-state index contributed by atoms with van der Waals surface area (Å²) in [5.41, 5.74) is 0. The summed E-state index contributed by atoms with van der Waals surface area (Å²) < 4.78 is 8.33. The van der Waals surface area contributed by atoms with Gasteiger partial charge in [0, 0.05) is 0 Å². The van der Waals surface area contributed by atoms with E-state index in [0.717, 1.165) is 0 Å². The monoisotopic (exact) mass is 265 g/mol. The van der Waals surface area contributed by atoms with Crippen molar-refractivity contribution in [1.29, 1.82) is 0 Å². The summed E-state index contributed by atoms with van der Waals surface area (Å²) in [6, 6.07) is 10.0. The Morgan fingerprint density at radius 2 is 1.57 bits per heavy atom. The minimum absolute atomic E-state index is 0.333. The van der Waals surface area contributed by atoms with Crippen LogP contribution in [0.4, 0.5) is 0 Å². The van der Waals surface area contributed by atoms with Crippen LogP contribution < -0.4 is 0 Å². The molecule has 0 N–H and O–H groups in total. The molecule has 0 radical (unpaired) electrons. The van der Waals surface area contributed by atoms with Crippen LogP contribution in [0, 0.1) is 0 Å². The second-order valence-corrected chi connectivity index (χ2v) is 0.962. The van der Waals surface area contributed by atoms with Gasteiger partial charge in [-0.1, -0.05) is 0 Å². The molecule has 0 heterocycles. The molecule has 0 bridgehead atoms. The van der Waals surface area contributed by atoms with Crippen molar-refractivity contribution >= 4 is 0 Å². The van der Waals surface area contributed by atoms with E-state index in [9.17, 15) is 0 Å². The molecule has 7 heavy (non-hydrogen) atoms. The summed E-state index contributed by atoms with van der Waals surface area (Å²) in [5, 5.41) is 0. The maximum absolute atomic E-state index is 8.33. The zero-order valence-corrected chi connectivity index (χ0v) is 6.64. The maximum atomic E-state index is 8.33. The van der Waals surface area contributed by atoms with Gasteiger partial charge in [0.25, 0.3) is 0 Å². The molecule has 0 aliphatic carbocycles. The zero-order valence-electron chi connectivity index (χ0n) is 3.70. The standard InChI is InChI=1S/C5H5.O.W/c1-2-4-5-3-1;;/h1-5H;;/q-1;;. The molecule has 2 heteroatoms. The molecule has 0 atom stereocenters. The van der Waals surface area contributed by atoms with Crippen LogP contribution in [0.25, 0.3) is 0 Å². The van der Waals surface area contributed by atoms with Crippen LogP contribution in [0.5, 0.6) is 0 Å². The Bertz CT molecular complexity index is 75.0. The molecule has 0 saturated carbocycles. The Kier molecular flexibility index (Phi) is 5.70. The summed E-state index contributed by atoms with van der Waals surface area (Å²) in [6.45, 7) is 0. The van der Waals surface area contributed by atoms with Crippen molar-refractivity contribution in [2.45, 2.75) is 0 Å². The largest absolute Gasteiger partial charge is 0.214 e. The summed E-state index contributed by atoms with van der Waals surface area (Å²) in [6.07, 6.45) is 0. The molecule has 0 unspecified atom stereocenters. The van der Waals surface area contributed by atoms with Gasteiger partial charge in [0.1, 0.15) is 0 Å². The molecule has 0 spiro atoms. The molecule has 1 aromatic rings. The van der Waals surface area contributed by atoms with Crippen molar-refractivity contribution in [2.24, 2.45) is 0 Å². The SMILES string of the molecule is [O]=[W].c1cc[cH-]c1. The average molecular weight is 265 g/mol. The van der Waals surface area contributed by atoms with E-state index in [1.807, 2.05) is 30.3 Å². The normalized spacial score (nSPS) is 6.29. The molecular weight excluding hydrogens is 260 g/mol. The van der Waals surface area contributed by atoms with E-state index in [2.05, 4.69) is 0 Å². The minimum Gasteiger partial charge on any atom is -0.214 e. The summed E-state index contributed by atoms with van der Waals surface area (Å²) in [4.78, 5) is 0. The van der Waals surface area contributed by atoms with E-state index in [4.69, 9.17) is 3.40 Å². The molecule has 1 rings (SSSR count). The Labute approximate surface area is 53.9 Å². The maximum Gasteiger partial charge on any atom is -0.172 e. The Morgan fingerprint density at radius 1 is 1.14 bits per heavy atom. The van der Waals surface area contributed by atoms with Gasteiger partial charge < -0.3 is 0 Å². The fourth-order valence-corrected chi connectivity index (χ4v) is 0.321. The first-order valence-electron chi connectivity index (χ1n) is 1.83.